The molecule has 0 fully saturated rings. The number of rotatable bonds is 4. The maximum Gasteiger partial charge on any atom is 0.0783 e. The fraction of sp³-hybridized carbons (Fsp3) is 0. The van der Waals surface area contributed by atoms with Gasteiger partial charge in [-0.15, -0.1) is 0 Å². The van der Waals surface area contributed by atoms with Crippen LogP contribution >= 0.6 is 0 Å². The number of nitrogens with zero attached hydrogens (tertiary/aromatic N) is 4. The van der Waals surface area contributed by atoms with Crippen LogP contribution in [0.2, 0.25) is 0 Å². The van der Waals surface area contributed by atoms with Crippen LogP contribution in [0.4, 0.5) is 0 Å². The molecule has 17 aromatic rings. The summed E-state index contributed by atoms with van der Waals surface area (Å²) in [6, 6.07) is 90.1. The first-order chi connectivity index (χ1) is 35.8. The van der Waals surface area contributed by atoms with E-state index in [-0.39, 0.29) is 0 Å². The van der Waals surface area contributed by atoms with Crippen LogP contribution < -0.4 is 0 Å². The van der Waals surface area contributed by atoms with Crippen molar-refractivity contribution in [1.82, 2.24) is 17.9 Å². The van der Waals surface area contributed by atoms with E-state index in [9.17, 15) is 0 Å². The first-order valence-corrected chi connectivity index (χ1v) is 24.9. The molecule has 332 valence electrons. The van der Waals surface area contributed by atoms with Crippen LogP contribution in [0.5, 0.6) is 0 Å². The standard InChI is InChI=1S/C68H40N4/c1-5-23-57-49(13-1)50-14-2-6-24-58(50)69(57)43-33-29-41(30-34-43)45-17-9-19-53-47(45)37-39-61-65(53)55-21-11-27-63-67(55)71(61)64-28-12-22-56-66-54-20-10-18-46(48(54)38-40-62(66)72(63)68(56)64)42-31-35-44(36-32-42)70-59-25-7-3-15-51(59)52-16-4-8-26-60(52)70/h1-40H. The van der Waals surface area contributed by atoms with Crippen LogP contribution in [0.3, 0.4) is 0 Å². The van der Waals surface area contributed by atoms with E-state index in [2.05, 4.69) is 261 Å². The lowest BCUT2D eigenvalue weighted by atomic mass is 9.95. The van der Waals surface area contributed by atoms with Crippen molar-refractivity contribution >= 4 is 120 Å². The van der Waals surface area contributed by atoms with Gasteiger partial charge in [-0.3, -0.25) is 0 Å². The molecule has 4 heteroatoms. The van der Waals surface area contributed by atoms with Gasteiger partial charge in [-0.2, -0.15) is 0 Å². The number of benzene rings is 12. The zero-order valence-corrected chi connectivity index (χ0v) is 38.9. The Kier molecular flexibility index (Phi) is 7.44. The number of hydrogen-bond acceptors (Lipinski definition) is 0. The highest BCUT2D eigenvalue weighted by Gasteiger charge is 2.24. The van der Waals surface area contributed by atoms with Gasteiger partial charge in [0, 0.05) is 54.5 Å². The lowest BCUT2D eigenvalue weighted by Crippen LogP contribution is -1.96. The second-order valence-electron chi connectivity index (χ2n) is 19.6. The quantitative estimate of drug-likeness (QED) is 0.157. The highest BCUT2D eigenvalue weighted by molar-refractivity contribution is 6.30. The van der Waals surface area contributed by atoms with Crippen LogP contribution in [0.1, 0.15) is 0 Å². The summed E-state index contributed by atoms with van der Waals surface area (Å²) in [5.41, 5.74) is 19.5. The van der Waals surface area contributed by atoms with E-state index in [1.165, 1.54) is 142 Å². The van der Waals surface area contributed by atoms with Crippen molar-refractivity contribution in [3.8, 4) is 33.6 Å². The third kappa shape index (κ3) is 4.90. The molecule has 12 aromatic carbocycles. The molecular formula is C68H40N4. The van der Waals surface area contributed by atoms with Gasteiger partial charge in [-0.25, -0.2) is 0 Å². The van der Waals surface area contributed by atoms with E-state index < -0.39 is 0 Å². The van der Waals surface area contributed by atoms with Gasteiger partial charge < -0.3 is 17.9 Å². The van der Waals surface area contributed by atoms with E-state index in [0.29, 0.717) is 0 Å². The van der Waals surface area contributed by atoms with Crippen molar-refractivity contribution in [2.24, 2.45) is 0 Å². The van der Waals surface area contributed by atoms with Gasteiger partial charge in [0.2, 0.25) is 0 Å². The molecule has 0 aliphatic carbocycles. The average Bonchev–Trinajstić information content (AvgIpc) is 4.19. The van der Waals surface area contributed by atoms with Crippen LogP contribution in [-0.4, -0.2) is 17.9 Å². The monoisotopic (exact) mass is 912 g/mol. The summed E-state index contributed by atoms with van der Waals surface area (Å²) in [4.78, 5) is 0. The Bertz CT molecular complexity index is 4700. The van der Waals surface area contributed by atoms with Crippen molar-refractivity contribution in [2.45, 2.75) is 0 Å². The first kappa shape index (κ1) is 38.2. The highest BCUT2D eigenvalue weighted by Crippen LogP contribution is 2.46. The zero-order valence-electron chi connectivity index (χ0n) is 38.9. The molecule has 0 saturated heterocycles. The lowest BCUT2D eigenvalue weighted by Gasteiger charge is -2.12. The summed E-state index contributed by atoms with van der Waals surface area (Å²) in [7, 11) is 0. The van der Waals surface area contributed by atoms with Crippen molar-refractivity contribution in [1.29, 1.82) is 0 Å². The third-order valence-electron chi connectivity index (χ3n) is 16.1. The molecule has 0 saturated carbocycles. The Hall–Kier alpha value is -9.64. The summed E-state index contributed by atoms with van der Waals surface area (Å²) < 4.78 is 9.87. The Balaban J connectivity index is 0.826. The average molecular weight is 913 g/mol. The minimum Gasteiger partial charge on any atom is -0.309 e. The summed E-state index contributed by atoms with van der Waals surface area (Å²) in [5.74, 6) is 0. The molecule has 0 N–H and O–H groups in total. The SMILES string of the molecule is c1cc(-c2ccc(-n3c4ccccc4c4ccccc43)cc2)c2ccc3c(c2c1)c1cccc2c1n3c1cccc3c4c5cccc(-c6ccc(-n7c8ccccc8c8ccccc87)cc6)c5ccc4n2c31. The summed E-state index contributed by atoms with van der Waals surface area (Å²) in [5, 5.41) is 15.3. The van der Waals surface area contributed by atoms with Gasteiger partial charge in [0.25, 0.3) is 0 Å². The van der Waals surface area contributed by atoms with Gasteiger partial charge in [0.15, 0.2) is 0 Å². The van der Waals surface area contributed by atoms with Crippen molar-refractivity contribution in [3.05, 3.63) is 243 Å². The molecule has 0 spiro atoms. The fourth-order valence-electron chi connectivity index (χ4n) is 13.2. The molecule has 17 rings (SSSR count). The minimum atomic E-state index is 1.16. The lowest BCUT2D eigenvalue weighted by molar-refractivity contribution is 1.18. The normalized spacial score (nSPS) is 12.4. The summed E-state index contributed by atoms with van der Waals surface area (Å²) >= 11 is 0. The smallest absolute Gasteiger partial charge is 0.0783 e. The number of aromatic nitrogens is 4. The van der Waals surface area contributed by atoms with E-state index in [1.54, 1.807) is 0 Å². The maximum absolute atomic E-state index is 2.54. The van der Waals surface area contributed by atoms with E-state index >= 15 is 0 Å². The minimum absolute atomic E-state index is 1.16. The predicted molar refractivity (Wildman–Crippen MR) is 304 cm³/mol. The van der Waals surface area contributed by atoms with Gasteiger partial charge in [-0.05, 0) is 117 Å². The Morgan fingerprint density at radius 3 is 0.903 bits per heavy atom. The largest absolute Gasteiger partial charge is 0.309 e. The number of para-hydroxylation sites is 6. The Morgan fingerprint density at radius 2 is 0.514 bits per heavy atom. The molecule has 0 amide bonds. The molecule has 72 heavy (non-hydrogen) atoms. The first-order valence-electron chi connectivity index (χ1n) is 24.9. The van der Waals surface area contributed by atoms with E-state index in [0.717, 1.165) is 11.4 Å². The van der Waals surface area contributed by atoms with E-state index in [1.807, 2.05) is 0 Å². The van der Waals surface area contributed by atoms with Crippen LogP contribution in [0.15, 0.2) is 243 Å². The Morgan fingerprint density at radius 1 is 0.194 bits per heavy atom. The molecule has 0 aliphatic heterocycles. The van der Waals surface area contributed by atoms with Crippen molar-refractivity contribution in [3.63, 3.8) is 0 Å². The molecule has 5 heterocycles. The maximum atomic E-state index is 2.54. The highest BCUT2D eigenvalue weighted by atomic mass is 15.0. The van der Waals surface area contributed by atoms with Crippen LogP contribution in [0.25, 0.3) is 153 Å². The second-order valence-corrected chi connectivity index (χ2v) is 19.6. The summed E-state index contributed by atoms with van der Waals surface area (Å²) in [6.07, 6.45) is 0. The summed E-state index contributed by atoms with van der Waals surface area (Å²) in [6.45, 7) is 0. The molecule has 0 radical (unpaired) electrons. The second kappa shape index (κ2) is 14.0. The number of hydrogen-bond donors (Lipinski definition) is 0. The predicted octanol–water partition coefficient (Wildman–Crippen LogP) is 18.1. The van der Waals surface area contributed by atoms with Crippen LogP contribution in [0, 0.1) is 0 Å². The van der Waals surface area contributed by atoms with Gasteiger partial charge in [0.05, 0.1) is 55.2 Å². The molecular weight excluding hydrogens is 873 g/mol. The zero-order chi connectivity index (χ0) is 46.8. The number of fused-ring (bicyclic) bond motifs is 18. The topological polar surface area (TPSA) is 18.7 Å². The van der Waals surface area contributed by atoms with Gasteiger partial charge >= 0.3 is 0 Å². The molecule has 5 aromatic heterocycles. The van der Waals surface area contributed by atoms with E-state index in [4.69, 9.17) is 0 Å². The molecule has 4 nitrogen and oxygen atoms in total. The molecule has 0 aliphatic rings. The third-order valence-corrected chi connectivity index (χ3v) is 16.1. The van der Waals surface area contributed by atoms with Gasteiger partial charge in [0.1, 0.15) is 0 Å². The molecule has 0 atom stereocenters. The fourth-order valence-corrected chi connectivity index (χ4v) is 13.2. The van der Waals surface area contributed by atoms with Crippen molar-refractivity contribution in [2.75, 3.05) is 0 Å². The van der Waals surface area contributed by atoms with Crippen molar-refractivity contribution < 1.29 is 0 Å². The Labute approximate surface area is 412 Å². The van der Waals surface area contributed by atoms with Gasteiger partial charge in [-0.1, -0.05) is 170 Å². The molecule has 0 bridgehead atoms. The van der Waals surface area contributed by atoms with Crippen LogP contribution in [-0.2, 0) is 0 Å². The molecule has 0 unspecified atom stereocenters.